The number of aryl methyl sites for hydroxylation is 1. The molecule has 0 fully saturated rings. The first-order valence-electron chi connectivity index (χ1n) is 6.91. The second-order valence-corrected chi connectivity index (χ2v) is 5.32. The predicted octanol–water partition coefficient (Wildman–Crippen LogP) is 3.26. The average Bonchev–Trinajstić information content (AvgIpc) is 2.54. The molecule has 4 nitrogen and oxygen atoms in total. The smallest absolute Gasteiger partial charge is 0.338 e. The van der Waals surface area contributed by atoms with Gasteiger partial charge in [-0.15, -0.1) is 0 Å². The van der Waals surface area contributed by atoms with E-state index in [0.717, 1.165) is 23.3 Å². The number of benzene rings is 2. The second kappa shape index (κ2) is 7.74. The van der Waals surface area contributed by atoms with Crippen LogP contribution < -0.4 is 5.32 Å². The molecule has 0 aliphatic rings. The number of amides is 1. The molecule has 2 aromatic carbocycles. The second-order valence-electron chi connectivity index (χ2n) is 4.91. The number of ether oxygens (including phenoxy) is 1. The molecule has 0 aliphatic heterocycles. The zero-order valence-corrected chi connectivity index (χ0v) is 13.2. The molecule has 23 heavy (non-hydrogen) atoms. The summed E-state index contributed by atoms with van der Waals surface area (Å²) in [4.78, 5) is 23.5. The molecule has 0 atom stereocenters. The molecule has 1 amide bonds. The van der Waals surface area contributed by atoms with Gasteiger partial charge in [0.25, 0.3) is 5.91 Å². The number of carbonyl (C=O) groups excluding carboxylic acids is 2. The summed E-state index contributed by atoms with van der Waals surface area (Å²) in [5, 5.41) is 2.49. The molecule has 0 aliphatic carbocycles. The molecule has 0 heterocycles. The highest BCUT2D eigenvalue weighted by Gasteiger charge is 2.12. The Morgan fingerprint density at radius 2 is 1.96 bits per heavy atom. The van der Waals surface area contributed by atoms with Crippen LogP contribution in [0.25, 0.3) is 0 Å². The third-order valence-corrected chi connectivity index (χ3v) is 3.52. The molecular formula is C17H15ClFNO3. The first-order valence-corrected chi connectivity index (χ1v) is 7.28. The summed E-state index contributed by atoms with van der Waals surface area (Å²) in [6.07, 6.45) is 0. The molecule has 1 N–H and O–H groups in total. The Bertz CT molecular complexity index is 734. The Kier molecular flexibility index (Phi) is 5.71. The van der Waals surface area contributed by atoms with Gasteiger partial charge in [-0.05, 0) is 36.2 Å². The van der Waals surface area contributed by atoms with Crippen LogP contribution in [0.3, 0.4) is 0 Å². The van der Waals surface area contributed by atoms with Gasteiger partial charge in [-0.3, -0.25) is 4.79 Å². The average molecular weight is 336 g/mol. The Labute approximate surface area is 138 Å². The van der Waals surface area contributed by atoms with E-state index in [9.17, 15) is 14.0 Å². The van der Waals surface area contributed by atoms with Gasteiger partial charge < -0.3 is 10.1 Å². The van der Waals surface area contributed by atoms with Gasteiger partial charge in [0.05, 0.1) is 10.6 Å². The summed E-state index contributed by atoms with van der Waals surface area (Å²) in [5.74, 6) is -1.79. The Hall–Kier alpha value is -2.40. The fraction of sp³-hybridized carbons (Fsp3) is 0.176. The summed E-state index contributed by atoms with van der Waals surface area (Å²) >= 11 is 5.59. The van der Waals surface area contributed by atoms with Crippen LogP contribution in [0.5, 0.6) is 0 Å². The summed E-state index contributed by atoms with van der Waals surface area (Å²) in [7, 11) is 0. The lowest BCUT2D eigenvalue weighted by molar-refractivity contribution is -0.124. The van der Waals surface area contributed by atoms with Crippen LogP contribution in [0.15, 0.2) is 42.5 Å². The monoisotopic (exact) mass is 335 g/mol. The normalized spacial score (nSPS) is 10.2. The highest BCUT2D eigenvalue weighted by Crippen LogP contribution is 2.16. The van der Waals surface area contributed by atoms with Crippen LogP contribution >= 0.6 is 11.6 Å². The van der Waals surface area contributed by atoms with Crippen molar-refractivity contribution in [2.45, 2.75) is 13.5 Å². The third-order valence-electron chi connectivity index (χ3n) is 3.23. The fourth-order valence-electron chi connectivity index (χ4n) is 1.89. The fourth-order valence-corrected chi connectivity index (χ4v) is 2.07. The maximum absolute atomic E-state index is 13.0. The Morgan fingerprint density at radius 1 is 1.22 bits per heavy atom. The lowest BCUT2D eigenvalue weighted by atomic mass is 10.1. The van der Waals surface area contributed by atoms with E-state index in [-0.39, 0.29) is 10.6 Å². The largest absolute Gasteiger partial charge is 0.452 e. The molecule has 2 rings (SSSR count). The zero-order valence-electron chi connectivity index (χ0n) is 12.4. The number of carbonyl (C=O) groups is 2. The van der Waals surface area contributed by atoms with E-state index < -0.39 is 24.3 Å². The molecule has 0 bridgehead atoms. The number of esters is 1. The minimum absolute atomic E-state index is 0.0862. The number of rotatable bonds is 5. The highest BCUT2D eigenvalue weighted by atomic mass is 35.5. The van der Waals surface area contributed by atoms with Gasteiger partial charge in [-0.25, -0.2) is 9.18 Å². The van der Waals surface area contributed by atoms with Crippen LogP contribution in [0.2, 0.25) is 5.02 Å². The zero-order chi connectivity index (χ0) is 16.8. The number of halogens is 2. The molecule has 0 saturated carbocycles. The molecule has 0 spiro atoms. The maximum atomic E-state index is 13.0. The first-order chi connectivity index (χ1) is 11.0. The molecular weight excluding hydrogens is 321 g/mol. The van der Waals surface area contributed by atoms with Gasteiger partial charge in [0.2, 0.25) is 0 Å². The van der Waals surface area contributed by atoms with Gasteiger partial charge in [0.1, 0.15) is 5.82 Å². The Balaban J connectivity index is 1.83. The lowest BCUT2D eigenvalue weighted by Gasteiger charge is -2.08. The van der Waals surface area contributed by atoms with E-state index in [1.54, 1.807) is 0 Å². The van der Waals surface area contributed by atoms with Gasteiger partial charge in [-0.1, -0.05) is 35.9 Å². The molecule has 0 aromatic heterocycles. The molecule has 0 radical (unpaired) electrons. The molecule has 0 unspecified atom stereocenters. The predicted molar refractivity (Wildman–Crippen MR) is 84.7 cm³/mol. The lowest BCUT2D eigenvalue weighted by Crippen LogP contribution is -2.28. The van der Waals surface area contributed by atoms with E-state index in [0.29, 0.717) is 6.54 Å². The van der Waals surface area contributed by atoms with Gasteiger partial charge in [0, 0.05) is 6.54 Å². The van der Waals surface area contributed by atoms with Crippen LogP contribution in [0.1, 0.15) is 21.5 Å². The van der Waals surface area contributed by atoms with E-state index in [1.807, 2.05) is 31.2 Å². The van der Waals surface area contributed by atoms with Crippen molar-refractivity contribution in [3.8, 4) is 0 Å². The molecule has 6 heteroatoms. The van der Waals surface area contributed by atoms with E-state index in [1.165, 1.54) is 6.07 Å². The van der Waals surface area contributed by atoms with Crippen molar-refractivity contribution < 1.29 is 18.7 Å². The van der Waals surface area contributed by atoms with Crippen molar-refractivity contribution in [1.82, 2.24) is 5.32 Å². The van der Waals surface area contributed by atoms with Crippen molar-refractivity contribution in [1.29, 1.82) is 0 Å². The number of hydrogen-bond acceptors (Lipinski definition) is 3. The van der Waals surface area contributed by atoms with Crippen LogP contribution in [0.4, 0.5) is 4.39 Å². The molecule has 120 valence electrons. The number of nitrogens with one attached hydrogen (secondary N) is 1. The maximum Gasteiger partial charge on any atom is 0.338 e. The Morgan fingerprint density at radius 3 is 2.65 bits per heavy atom. The molecule has 0 saturated heterocycles. The highest BCUT2D eigenvalue weighted by molar-refractivity contribution is 6.31. The van der Waals surface area contributed by atoms with Gasteiger partial charge in [0.15, 0.2) is 6.61 Å². The van der Waals surface area contributed by atoms with Crippen LogP contribution in [0, 0.1) is 12.7 Å². The van der Waals surface area contributed by atoms with E-state index in [2.05, 4.69) is 5.32 Å². The van der Waals surface area contributed by atoms with Gasteiger partial charge >= 0.3 is 5.97 Å². The summed E-state index contributed by atoms with van der Waals surface area (Å²) in [5.41, 5.74) is 2.13. The third kappa shape index (κ3) is 4.79. The summed E-state index contributed by atoms with van der Waals surface area (Å²) in [6.45, 7) is 1.88. The molecule has 2 aromatic rings. The van der Waals surface area contributed by atoms with E-state index in [4.69, 9.17) is 16.3 Å². The van der Waals surface area contributed by atoms with Crippen molar-refractivity contribution >= 4 is 23.5 Å². The van der Waals surface area contributed by atoms with Crippen molar-refractivity contribution in [2.75, 3.05) is 6.61 Å². The topological polar surface area (TPSA) is 55.4 Å². The van der Waals surface area contributed by atoms with Crippen LogP contribution in [-0.2, 0) is 16.1 Å². The minimum atomic E-state index is -0.738. The number of hydrogen-bond donors (Lipinski definition) is 1. The first kappa shape index (κ1) is 17.0. The van der Waals surface area contributed by atoms with E-state index >= 15 is 0 Å². The van der Waals surface area contributed by atoms with Crippen molar-refractivity contribution in [2.24, 2.45) is 0 Å². The SMILES string of the molecule is Cc1ccccc1CNC(=O)COC(=O)c1ccc(F)c(Cl)c1. The quantitative estimate of drug-likeness (QED) is 0.853. The van der Waals surface area contributed by atoms with Crippen molar-refractivity contribution in [3.05, 3.63) is 70.0 Å². The van der Waals surface area contributed by atoms with Crippen molar-refractivity contribution in [3.63, 3.8) is 0 Å². The minimum Gasteiger partial charge on any atom is -0.452 e. The van der Waals surface area contributed by atoms with Crippen LogP contribution in [-0.4, -0.2) is 18.5 Å². The summed E-state index contributed by atoms with van der Waals surface area (Å²) in [6, 6.07) is 11.1. The summed E-state index contributed by atoms with van der Waals surface area (Å²) < 4.78 is 17.9. The standard InChI is InChI=1S/C17H15ClFNO3/c1-11-4-2-3-5-13(11)9-20-16(21)10-23-17(22)12-6-7-15(19)14(18)8-12/h2-8H,9-10H2,1H3,(H,20,21). The van der Waals surface area contributed by atoms with Gasteiger partial charge in [-0.2, -0.15) is 0 Å².